The SMILES string of the molecule is CS(=O)(=O)CCS(=O)CCC(=O)N1CCNCC1. The molecule has 1 atom stereocenters. The number of carbonyl (C=O) groups is 1. The van der Waals surface area contributed by atoms with Crippen molar-refractivity contribution >= 4 is 26.5 Å². The van der Waals surface area contributed by atoms with Crippen LogP contribution in [-0.2, 0) is 25.4 Å². The number of carbonyl (C=O) groups excluding carboxylic acids is 1. The lowest BCUT2D eigenvalue weighted by Crippen LogP contribution is -2.46. The number of piperazine rings is 1. The van der Waals surface area contributed by atoms with Gasteiger partial charge in [-0.15, -0.1) is 0 Å². The van der Waals surface area contributed by atoms with E-state index in [4.69, 9.17) is 0 Å². The smallest absolute Gasteiger partial charge is 0.223 e. The minimum atomic E-state index is -3.07. The Morgan fingerprint density at radius 2 is 1.89 bits per heavy atom. The first kappa shape index (κ1) is 15.6. The maximum atomic E-state index is 11.7. The molecule has 1 aliphatic heterocycles. The van der Waals surface area contributed by atoms with Crippen molar-refractivity contribution in [3.05, 3.63) is 0 Å². The van der Waals surface area contributed by atoms with Gasteiger partial charge in [0.25, 0.3) is 0 Å². The fourth-order valence-electron chi connectivity index (χ4n) is 1.62. The standard InChI is InChI=1S/C10H20N2O4S2/c1-18(15,16)9-8-17(14)7-2-10(13)12-5-3-11-4-6-12/h11H,2-9H2,1H3. The number of sulfone groups is 1. The van der Waals surface area contributed by atoms with Crippen LogP contribution >= 0.6 is 0 Å². The van der Waals surface area contributed by atoms with Gasteiger partial charge in [-0.2, -0.15) is 0 Å². The summed E-state index contributed by atoms with van der Waals surface area (Å²) in [5.74, 6) is 0.289. The van der Waals surface area contributed by atoms with Gasteiger partial charge in [0.2, 0.25) is 5.91 Å². The molecular weight excluding hydrogens is 276 g/mol. The molecule has 1 aliphatic rings. The highest BCUT2D eigenvalue weighted by molar-refractivity contribution is 7.92. The molecule has 8 heteroatoms. The van der Waals surface area contributed by atoms with E-state index in [1.807, 2.05) is 0 Å². The lowest BCUT2D eigenvalue weighted by Gasteiger charge is -2.27. The van der Waals surface area contributed by atoms with Crippen LogP contribution in [0, 0.1) is 0 Å². The van der Waals surface area contributed by atoms with E-state index in [2.05, 4.69) is 5.32 Å². The Balaban J connectivity index is 2.23. The molecule has 106 valence electrons. The highest BCUT2D eigenvalue weighted by atomic mass is 32.2. The monoisotopic (exact) mass is 296 g/mol. The van der Waals surface area contributed by atoms with Gasteiger partial charge >= 0.3 is 0 Å². The fraction of sp³-hybridized carbons (Fsp3) is 0.900. The van der Waals surface area contributed by atoms with E-state index in [0.29, 0.717) is 13.1 Å². The number of rotatable bonds is 6. The number of nitrogens with zero attached hydrogens (tertiary/aromatic N) is 1. The molecule has 0 spiro atoms. The van der Waals surface area contributed by atoms with Crippen molar-refractivity contribution in [3.8, 4) is 0 Å². The number of hydrogen-bond acceptors (Lipinski definition) is 5. The van der Waals surface area contributed by atoms with Crippen LogP contribution in [0.15, 0.2) is 0 Å². The van der Waals surface area contributed by atoms with Gasteiger partial charge in [-0.3, -0.25) is 9.00 Å². The summed E-state index contributed by atoms with van der Waals surface area (Å²) in [5.41, 5.74) is 0. The third-order valence-electron chi connectivity index (χ3n) is 2.70. The van der Waals surface area contributed by atoms with E-state index in [9.17, 15) is 17.4 Å². The van der Waals surface area contributed by atoms with Gasteiger partial charge in [0.1, 0.15) is 9.84 Å². The Morgan fingerprint density at radius 3 is 2.44 bits per heavy atom. The Kier molecular flexibility index (Phi) is 6.24. The first-order chi connectivity index (χ1) is 8.38. The Morgan fingerprint density at radius 1 is 1.28 bits per heavy atom. The Bertz CT molecular complexity index is 402. The van der Waals surface area contributed by atoms with Gasteiger partial charge in [-0.05, 0) is 0 Å². The Hall–Kier alpha value is -0.470. The van der Waals surface area contributed by atoms with Crippen LogP contribution in [0.4, 0.5) is 0 Å². The third kappa shape index (κ3) is 6.46. The zero-order valence-corrected chi connectivity index (χ0v) is 12.2. The summed E-state index contributed by atoms with van der Waals surface area (Å²) in [5, 5.41) is 3.15. The highest BCUT2D eigenvalue weighted by Gasteiger charge is 2.17. The summed E-state index contributed by atoms with van der Waals surface area (Å²) in [6, 6.07) is 0. The third-order valence-corrected chi connectivity index (χ3v) is 5.22. The zero-order chi connectivity index (χ0) is 13.6. The average molecular weight is 296 g/mol. The quantitative estimate of drug-likeness (QED) is 0.652. The van der Waals surface area contributed by atoms with Crippen molar-refractivity contribution in [2.45, 2.75) is 6.42 Å². The summed E-state index contributed by atoms with van der Waals surface area (Å²) < 4.78 is 33.3. The van der Waals surface area contributed by atoms with Crippen LogP contribution in [0.25, 0.3) is 0 Å². The normalized spacial score (nSPS) is 18.6. The highest BCUT2D eigenvalue weighted by Crippen LogP contribution is 1.99. The first-order valence-corrected chi connectivity index (χ1v) is 9.44. The van der Waals surface area contributed by atoms with Gasteiger partial charge in [-0.25, -0.2) is 8.42 Å². The van der Waals surface area contributed by atoms with E-state index in [-0.39, 0.29) is 29.6 Å². The van der Waals surface area contributed by atoms with Gasteiger partial charge in [0.05, 0.1) is 5.75 Å². The van der Waals surface area contributed by atoms with Crippen LogP contribution < -0.4 is 5.32 Å². The van der Waals surface area contributed by atoms with Gasteiger partial charge in [0, 0.05) is 61.2 Å². The summed E-state index contributed by atoms with van der Waals surface area (Å²) in [7, 11) is -4.31. The molecule has 1 N–H and O–H groups in total. The lowest BCUT2D eigenvalue weighted by molar-refractivity contribution is -0.131. The molecule has 0 aliphatic carbocycles. The molecule has 6 nitrogen and oxygen atoms in total. The summed E-state index contributed by atoms with van der Waals surface area (Å²) in [6.07, 6.45) is 1.35. The molecule has 1 fully saturated rings. The van der Waals surface area contributed by atoms with Gasteiger partial charge in [-0.1, -0.05) is 0 Å². The van der Waals surface area contributed by atoms with Crippen molar-refractivity contribution in [1.29, 1.82) is 0 Å². The molecule has 0 aromatic carbocycles. The zero-order valence-electron chi connectivity index (χ0n) is 10.6. The topological polar surface area (TPSA) is 83.5 Å². The van der Waals surface area contributed by atoms with E-state index < -0.39 is 20.6 Å². The molecule has 1 unspecified atom stereocenters. The van der Waals surface area contributed by atoms with Crippen molar-refractivity contribution in [2.75, 3.05) is 49.7 Å². The van der Waals surface area contributed by atoms with Crippen molar-refractivity contribution in [1.82, 2.24) is 10.2 Å². The summed E-state index contributed by atoms with van der Waals surface area (Å²) in [4.78, 5) is 13.5. The van der Waals surface area contributed by atoms with Crippen molar-refractivity contribution < 1.29 is 17.4 Å². The minimum absolute atomic E-state index is 0.00389. The van der Waals surface area contributed by atoms with Gasteiger partial charge in [0.15, 0.2) is 0 Å². The van der Waals surface area contributed by atoms with Crippen LogP contribution in [0.2, 0.25) is 0 Å². The molecule has 0 aromatic heterocycles. The molecule has 1 heterocycles. The fourth-order valence-corrected chi connectivity index (χ4v) is 4.18. The minimum Gasteiger partial charge on any atom is -0.340 e. The predicted octanol–water partition coefficient (Wildman–Crippen LogP) is -1.40. The van der Waals surface area contributed by atoms with Gasteiger partial charge < -0.3 is 10.2 Å². The maximum Gasteiger partial charge on any atom is 0.223 e. The van der Waals surface area contributed by atoms with E-state index in [0.717, 1.165) is 19.3 Å². The van der Waals surface area contributed by atoms with Crippen LogP contribution in [0.3, 0.4) is 0 Å². The van der Waals surface area contributed by atoms with E-state index in [1.165, 1.54) is 0 Å². The molecule has 0 bridgehead atoms. The van der Waals surface area contributed by atoms with E-state index >= 15 is 0 Å². The number of nitrogens with one attached hydrogen (secondary N) is 1. The first-order valence-electron chi connectivity index (χ1n) is 5.90. The lowest BCUT2D eigenvalue weighted by atomic mass is 10.3. The second kappa shape index (κ2) is 7.20. The van der Waals surface area contributed by atoms with Crippen LogP contribution in [0.5, 0.6) is 0 Å². The molecule has 0 saturated carbocycles. The largest absolute Gasteiger partial charge is 0.340 e. The molecule has 1 rings (SSSR count). The number of amides is 1. The molecule has 1 amide bonds. The maximum absolute atomic E-state index is 11.7. The average Bonchev–Trinajstić information content (AvgIpc) is 2.33. The second-order valence-corrected chi connectivity index (χ2v) is 8.31. The Labute approximate surface area is 110 Å². The van der Waals surface area contributed by atoms with Crippen molar-refractivity contribution in [3.63, 3.8) is 0 Å². The molecular formula is C10H20N2O4S2. The molecule has 1 saturated heterocycles. The summed E-state index contributed by atoms with van der Waals surface area (Å²) in [6.45, 7) is 2.97. The summed E-state index contributed by atoms with van der Waals surface area (Å²) >= 11 is 0. The van der Waals surface area contributed by atoms with Crippen molar-refractivity contribution in [2.24, 2.45) is 0 Å². The molecule has 0 aromatic rings. The molecule has 0 radical (unpaired) electrons. The predicted molar refractivity (Wildman–Crippen MR) is 71.7 cm³/mol. The second-order valence-electron chi connectivity index (χ2n) is 4.36. The number of hydrogen-bond donors (Lipinski definition) is 1. The van der Waals surface area contributed by atoms with Crippen LogP contribution in [-0.4, -0.2) is 73.1 Å². The van der Waals surface area contributed by atoms with E-state index in [1.54, 1.807) is 4.90 Å². The van der Waals surface area contributed by atoms with Crippen LogP contribution in [0.1, 0.15) is 6.42 Å². The molecule has 18 heavy (non-hydrogen) atoms.